The van der Waals surface area contributed by atoms with Crippen LogP contribution in [0.1, 0.15) is 31.2 Å². The van der Waals surface area contributed by atoms with E-state index >= 15 is 0 Å². The Morgan fingerprint density at radius 1 is 1.47 bits per heavy atom. The van der Waals surface area contributed by atoms with Gasteiger partial charge < -0.3 is 11.1 Å². The molecule has 2 aliphatic rings. The van der Waals surface area contributed by atoms with Gasteiger partial charge >= 0.3 is 0 Å². The van der Waals surface area contributed by atoms with E-state index in [0.717, 1.165) is 22.2 Å². The Morgan fingerprint density at radius 3 is 2.89 bits per heavy atom. The fraction of sp³-hybridized carbons (Fsp3) is 0.400. The molecular weight excluding hydrogens is 304 g/mol. The van der Waals surface area contributed by atoms with Crippen molar-refractivity contribution >= 4 is 27.5 Å². The molecule has 0 radical (unpaired) electrons. The van der Waals surface area contributed by atoms with Crippen molar-refractivity contribution in [2.45, 2.75) is 31.2 Å². The van der Waals surface area contributed by atoms with Crippen molar-refractivity contribution in [3.8, 4) is 0 Å². The molecule has 1 heterocycles. The summed E-state index contributed by atoms with van der Waals surface area (Å²) in [6, 6.07) is 8.07. The lowest BCUT2D eigenvalue weighted by molar-refractivity contribution is -0.124. The van der Waals surface area contributed by atoms with Crippen molar-refractivity contribution in [1.82, 2.24) is 5.32 Å². The molecule has 1 aliphatic heterocycles. The van der Waals surface area contributed by atoms with Gasteiger partial charge in [0, 0.05) is 10.2 Å². The molecule has 0 spiro atoms. The number of hydrogen-bond donors (Lipinski definition) is 2. The maximum absolute atomic E-state index is 11.8. The molecule has 4 heteroatoms. The van der Waals surface area contributed by atoms with E-state index in [1.165, 1.54) is 12.8 Å². The summed E-state index contributed by atoms with van der Waals surface area (Å²) < 4.78 is 1.03. The predicted molar refractivity (Wildman–Crippen MR) is 79.1 cm³/mol. The first-order valence-electron chi connectivity index (χ1n) is 6.63. The van der Waals surface area contributed by atoms with Crippen molar-refractivity contribution in [3.63, 3.8) is 0 Å². The molecule has 19 heavy (non-hydrogen) atoms. The molecule has 1 amide bonds. The molecular formula is C15H17BrN2O. The lowest BCUT2D eigenvalue weighted by Crippen LogP contribution is -2.52. The van der Waals surface area contributed by atoms with E-state index in [4.69, 9.17) is 5.73 Å². The maximum Gasteiger partial charge on any atom is 0.243 e. The topological polar surface area (TPSA) is 55.1 Å². The number of carbonyl (C=O) groups excluding carboxylic acids is 1. The normalized spacial score (nSPS) is 25.8. The van der Waals surface area contributed by atoms with Gasteiger partial charge in [0.25, 0.3) is 0 Å². The van der Waals surface area contributed by atoms with Crippen molar-refractivity contribution in [2.24, 2.45) is 11.7 Å². The maximum atomic E-state index is 11.8. The summed E-state index contributed by atoms with van der Waals surface area (Å²) in [5.41, 5.74) is 7.17. The Labute approximate surface area is 121 Å². The van der Waals surface area contributed by atoms with E-state index in [0.29, 0.717) is 12.3 Å². The summed E-state index contributed by atoms with van der Waals surface area (Å²) in [5.74, 6) is 0.427. The van der Waals surface area contributed by atoms with Crippen LogP contribution in [0, 0.1) is 5.92 Å². The number of nitrogens with one attached hydrogen (secondary N) is 1. The number of benzene rings is 1. The Kier molecular flexibility index (Phi) is 3.13. The standard InChI is InChI=1S/C15H17BrN2O/c16-12-3-1-2-11(8-12)13-6-7-15(18-13,14(17)19)9-10-4-5-10/h1-3,6,8,10,18H,4-5,7,9H2,(H2,17,19). The van der Waals surface area contributed by atoms with E-state index in [-0.39, 0.29) is 5.91 Å². The van der Waals surface area contributed by atoms with E-state index in [1.807, 2.05) is 24.3 Å². The van der Waals surface area contributed by atoms with E-state index < -0.39 is 5.54 Å². The Bertz CT molecular complexity index is 551. The molecule has 100 valence electrons. The zero-order valence-corrected chi connectivity index (χ0v) is 12.2. The lowest BCUT2D eigenvalue weighted by atomic mass is 9.90. The molecule has 1 aliphatic carbocycles. The molecule has 3 N–H and O–H groups in total. The quantitative estimate of drug-likeness (QED) is 0.896. The van der Waals surface area contributed by atoms with Crippen molar-refractivity contribution in [1.29, 1.82) is 0 Å². The van der Waals surface area contributed by atoms with Crippen LogP contribution in [-0.4, -0.2) is 11.4 Å². The van der Waals surface area contributed by atoms with Crippen LogP contribution >= 0.6 is 15.9 Å². The SMILES string of the molecule is NC(=O)C1(CC2CC2)CC=C(c2cccc(Br)c2)N1. The van der Waals surface area contributed by atoms with Gasteiger partial charge in [-0.2, -0.15) is 0 Å². The molecule has 3 rings (SSSR count). The van der Waals surface area contributed by atoms with Crippen LogP contribution in [-0.2, 0) is 4.79 Å². The first kappa shape index (κ1) is 12.7. The van der Waals surface area contributed by atoms with Crippen molar-refractivity contribution in [2.75, 3.05) is 0 Å². The van der Waals surface area contributed by atoms with Gasteiger partial charge in [-0.25, -0.2) is 0 Å². The van der Waals surface area contributed by atoms with Gasteiger partial charge in [0.05, 0.1) is 0 Å². The zero-order chi connectivity index (χ0) is 13.5. The van der Waals surface area contributed by atoms with Crippen LogP contribution in [0.25, 0.3) is 5.70 Å². The molecule has 0 aromatic heterocycles. The van der Waals surface area contributed by atoms with E-state index in [2.05, 4.69) is 27.3 Å². The first-order valence-corrected chi connectivity index (χ1v) is 7.42. The molecule has 1 unspecified atom stereocenters. The molecule has 1 aromatic carbocycles. The first-order chi connectivity index (χ1) is 9.09. The number of hydrogen-bond acceptors (Lipinski definition) is 2. The monoisotopic (exact) mass is 320 g/mol. The number of halogens is 1. The fourth-order valence-electron chi connectivity index (χ4n) is 2.69. The second kappa shape index (κ2) is 4.67. The minimum Gasteiger partial charge on any atom is -0.371 e. The fourth-order valence-corrected chi connectivity index (χ4v) is 3.09. The minimum absolute atomic E-state index is 0.236. The average Bonchev–Trinajstić information content (AvgIpc) is 3.06. The second-order valence-electron chi connectivity index (χ2n) is 5.55. The van der Waals surface area contributed by atoms with Crippen molar-refractivity contribution in [3.05, 3.63) is 40.4 Å². The number of primary amides is 1. The highest BCUT2D eigenvalue weighted by Gasteiger charge is 2.44. The van der Waals surface area contributed by atoms with Gasteiger partial charge in [0.1, 0.15) is 5.54 Å². The lowest BCUT2D eigenvalue weighted by Gasteiger charge is -2.28. The van der Waals surface area contributed by atoms with Crippen molar-refractivity contribution < 1.29 is 4.79 Å². The molecule has 1 atom stereocenters. The molecule has 0 bridgehead atoms. The molecule has 1 saturated carbocycles. The van der Waals surface area contributed by atoms with Gasteiger partial charge in [-0.3, -0.25) is 4.79 Å². The molecule has 1 fully saturated rings. The van der Waals surface area contributed by atoms with Gasteiger partial charge in [-0.15, -0.1) is 0 Å². The highest BCUT2D eigenvalue weighted by atomic mass is 79.9. The highest BCUT2D eigenvalue weighted by Crippen LogP contribution is 2.41. The van der Waals surface area contributed by atoms with Gasteiger partial charge in [-0.05, 0) is 36.5 Å². The number of rotatable bonds is 4. The molecule has 0 saturated heterocycles. The summed E-state index contributed by atoms with van der Waals surface area (Å²) in [4.78, 5) is 11.8. The Morgan fingerprint density at radius 2 is 2.26 bits per heavy atom. The van der Waals surface area contributed by atoms with Gasteiger partial charge in [-0.1, -0.05) is 47.0 Å². The largest absolute Gasteiger partial charge is 0.371 e. The molecule has 3 nitrogen and oxygen atoms in total. The van der Waals surface area contributed by atoms with Gasteiger partial charge in [0.15, 0.2) is 0 Å². The summed E-state index contributed by atoms with van der Waals surface area (Å²) in [7, 11) is 0. The summed E-state index contributed by atoms with van der Waals surface area (Å²) >= 11 is 3.47. The minimum atomic E-state index is -0.571. The summed E-state index contributed by atoms with van der Waals surface area (Å²) in [6.45, 7) is 0. The predicted octanol–water partition coefficient (Wildman–Crippen LogP) is 2.81. The third kappa shape index (κ3) is 2.54. The Hall–Kier alpha value is -1.29. The average molecular weight is 321 g/mol. The van der Waals surface area contributed by atoms with E-state index in [9.17, 15) is 4.79 Å². The van der Waals surface area contributed by atoms with Crippen LogP contribution < -0.4 is 11.1 Å². The number of nitrogens with two attached hydrogens (primary N) is 1. The van der Waals surface area contributed by atoms with Crippen LogP contribution in [0.15, 0.2) is 34.8 Å². The van der Waals surface area contributed by atoms with Gasteiger partial charge in [0.2, 0.25) is 5.91 Å². The zero-order valence-electron chi connectivity index (χ0n) is 10.7. The molecule has 1 aromatic rings. The van der Waals surface area contributed by atoms with E-state index in [1.54, 1.807) is 0 Å². The van der Waals surface area contributed by atoms with Crippen LogP contribution in [0.4, 0.5) is 0 Å². The third-order valence-electron chi connectivity index (χ3n) is 3.97. The summed E-state index contributed by atoms with van der Waals surface area (Å²) in [6.07, 6.45) is 6.10. The third-order valence-corrected chi connectivity index (χ3v) is 4.46. The smallest absolute Gasteiger partial charge is 0.243 e. The number of carbonyl (C=O) groups is 1. The number of amides is 1. The highest BCUT2D eigenvalue weighted by molar-refractivity contribution is 9.10. The van der Waals surface area contributed by atoms with Crippen LogP contribution in [0.2, 0.25) is 0 Å². The summed E-state index contributed by atoms with van der Waals surface area (Å²) in [5, 5.41) is 3.38. The van der Waals surface area contributed by atoms with Crippen LogP contribution in [0.3, 0.4) is 0 Å². The second-order valence-corrected chi connectivity index (χ2v) is 6.47. The Balaban J connectivity index is 1.81. The van der Waals surface area contributed by atoms with Crippen LogP contribution in [0.5, 0.6) is 0 Å².